The fraction of sp³-hybridized carbons (Fsp3) is 0.348. The van der Waals surface area contributed by atoms with Gasteiger partial charge >= 0.3 is 12.1 Å². The quantitative estimate of drug-likeness (QED) is 0.735. The lowest BCUT2D eigenvalue weighted by molar-refractivity contribution is -0.145. The lowest BCUT2D eigenvalue weighted by atomic mass is 9.98. The Balaban J connectivity index is 1.40. The number of thioether (sulfide) groups is 1. The maximum absolute atomic E-state index is 12.5. The molecule has 1 aliphatic carbocycles. The summed E-state index contributed by atoms with van der Waals surface area (Å²) in [6, 6.07) is 16.1. The summed E-state index contributed by atoms with van der Waals surface area (Å²) in [6.45, 7) is 3.82. The number of carbonyl (C=O) groups is 2. The summed E-state index contributed by atoms with van der Waals surface area (Å²) in [7, 11) is 1.35. The van der Waals surface area contributed by atoms with Gasteiger partial charge in [0.25, 0.3) is 0 Å². The number of aliphatic imine (C=N–C) groups is 1. The molecule has 30 heavy (non-hydrogen) atoms. The molecule has 0 saturated heterocycles. The third-order valence-corrected chi connectivity index (χ3v) is 6.98. The molecule has 6 nitrogen and oxygen atoms in total. The van der Waals surface area contributed by atoms with Crippen LogP contribution in [0.4, 0.5) is 4.79 Å². The molecule has 0 aromatic heterocycles. The Morgan fingerprint density at radius 1 is 1.17 bits per heavy atom. The first-order valence-electron chi connectivity index (χ1n) is 9.85. The second-order valence-electron chi connectivity index (χ2n) is 7.70. The molecule has 0 unspecified atom stereocenters. The fourth-order valence-electron chi connectivity index (χ4n) is 3.95. The van der Waals surface area contributed by atoms with Crippen LogP contribution in [0.25, 0.3) is 11.1 Å². The van der Waals surface area contributed by atoms with Crippen LogP contribution in [0, 0.1) is 0 Å². The normalized spacial score (nSPS) is 20.7. The standard InChI is InChI=1S/C23H24N2O4S/c1-14(20-25-23(2,13-30-20)21(26)28-3)24-22(27)29-12-19-17-10-6-4-8-15(17)16-9-5-7-11-18(16)19/h4-11,14,19H,12-13H2,1-3H3,(H,24,27)/t14-,23-/m0/s1. The van der Waals surface area contributed by atoms with Gasteiger partial charge in [0.05, 0.1) is 18.2 Å². The molecule has 0 fully saturated rings. The molecule has 0 spiro atoms. The van der Waals surface area contributed by atoms with E-state index in [9.17, 15) is 9.59 Å². The van der Waals surface area contributed by atoms with Crippen LogP contribution in [0.1, 0.15) is 30.9 Å². The second-order valence-corrected chi connectivity index (χ2v) is 8.69. The first-order chi connectivity index (χ1) is 14.4. The minimum atomic E-state index is -0.911. The summed E-state index contributed by atoms with van der Waals surface area (Å²) in [5.41, 5.74) is 3.81. The number of nitrogens with zero attached hydrogens (tertiary/aromatic N) is 1. The molecule has 2 aromatic carbocycles. The fourth-order valence-corrected chi connectivity index (χ4v) is 5.13. The number of methoxy groups -OCH3 is 1. The number of esters is 1. The molecule has 4 rings (SSSR count). The number of fused-ring (bicyclic) bond motifs is 3. The van der Waals surface area contributed by atoms with Gasteiger partial charge in [-0.15, -0.1) is 11.8 Å². The van der Waals surface area contributed by atoms with Gasteiger partial charge in [-0.25, -0.2) is 9.59 Å². The van der Waals surface area contributed by atoms with Gasteiger partial charge in [-0.05, 0) is 36.1 Å². The number of nitrogens with one attached hydrogen (secondary N) is 1. The van der Waals surface area contributed by atoms with Crippen molar-refractivity contribution >= 4 is 28.9 Å². The van der Waals surface area contributed by atoms with E-state index in [1.807, 2.05) is 31.2 Å². The van der Waals surface area contributed by atoms with Gasteiger partial charge in [-0.2, -0.15) is 0 Å². The summed E-state index contributed by atoms with van der Waals surface area (Å²) >= 11 is 1.45. The van der Waals surface area contributed by atoms with Crippen LogP contribution >= 0.6 is 11.8 Å². The smallest absolute Gasteiger partial charge is 0.407 e. The number of hydrogen-bond acceptors (Lipinski definition) is 6. The molecule has 1 heterocycles. The lowest BCUT2D eigenvalue weighted by Gasteiger charge is -2.17. The Bertz CT molecular complexity index is 976. The monoisotopic (exact) mass is 424 g/mol. The summed E-state index contributed by atoms with van der Waals surface area (Å²) < 4.78 is 10.4. The molecule has 0 radical (unpaired) electrons. The molecule has 1 amide bonds. The highest BCUT2D eigenvalue weighted by molar-refractivity contribution is 8.14. The highest BCUT2D eigenvalue weighted by atomic mass is 32.2. The zero-order valence-electron chi connectivity index (χ0n) is 17.2. The number of ether oxygens (including phenoxy) is 2. The highest BCUT2D eigenvalue weighted by Crippen LogP contribution is 2.44. The van der Waals surface area contributed by atoms with Gasteiger partial charge in [-0.1, -0.05) is 48.5 Å². The van der Waals surface area contributed by atoms with Crippen molar-refractivity contribution in [3.05, 3.63) is 59.7 Å². The van der Waals surface area contributed by atoms with Crippen LogP contribution in [-0.2, 0) is 14.3 Å². The lowest BCUT2D eigenvalue weighted by Crippen LogP contribution is -2.38. The molecule has 0 saturated carbocycles. The number of alkyl carbamates (subject to hydrolysis) is 1. The topological polar surface area (TPSA) is 77.0 Å². The Kier molecular flexibility index (Phi) is 5.56. The largest absolute Gasteiger partial charge is 0.467 e. The van der Waals surface area contributed by atoms with E-state index in [4.69, 9.17) is 9.47 Å². The molecule has 2 aliphatic rings. The van der Waals surface area contributed by atoms with Crippen molar-refractivity contribution in [1.82, 2.24) is 5.32 Å². The molecule has 156 valence electrons. The molecule has 0 bridgehead atoms. The van der Waals surface area contributed by atoms with Crippen molar-refractivity contribution in [3.8, 4) is 11.1 Å². The van der Waals surface area contributed by atoms with Gasteiger partial charge in [0.15, 0.2) is 5.54 Å². The summed E-state index contributed by atoms with van der Waals surface area (Å²) in [5, 5.41) is 3.51. The van der Waals surface area contributed by atoms with E-state index < -0.39 is 11.6 Å². The number of hydrogen-bond donors (Lipinski definition) is 1. The Morgan fingerprint density at radius 3 is 2.37 bits per heavy atom. The molecule has 1 N–H and O–H groups in total. The van der Waals surface area contributed by atoms with Crippen LogP contribution in [0.3, 0.4) is 0 Å². The number of amides is 1. The van der Waals surface area contributed by atoms with Gasteiger partial charge in [0.1, 0.15) is 6.61 Å². The van der Waals surface area contributed by atoms with Crippen molar-refractivity contribution in [2.75, 3.05) is 19.5 Å². The molecule has 1 aliphatic heterocycles. The van der Waals surface area contributed by atoms with E-state index in [2.05, 4.69) is 34.6 Å². The summed E-state index contributed by atoms with van der Waals surface area (Å²) in [6.07, 6.45) is -0.501. The van der Waals surface area contributed by atoms with Crippen LogP contribution in [0.5, 0.6) is 0 Å². The zero-order valence-corrected chi connectivity index (χ0v) is 18.0. The Morgan fingerprint density at radius 2 is 1.77 bits per heavy atom. The minimum absolute atomic E-state index is 0.0132. The third kappa shape index (κ3) is 3.69. The average Bonchev–Trinajstić information content (AvgIpc) is 3.31. The zero-order chi connectivity index (χ0) is 21.3. The van der Waals surface area contributed by atoms with Gasteiger partial charge in [0.2, 0.25) is 0 Å². The number of benzene rings is 2. The second kappa shape index (κ2) is 8.14. The minimum Gasteiger partial charge on any atom is -0.467 e. The average molecular weight is 425 g/mol. The van der Waals surface area contributed by atoms with E-state index in [1.165, 1.54) is 41.1 Å². The van der Waals surface area contributed by atoms with Gasteiger partial charge < -0.3 is 14.8 Å². The molecular formula is C23H24N2O4S. The third-order valence-electron chi connectivity index (χ3n) is 5.53. The van der Waals surface area contributed by atoms with Crippen molar-refractivity contribution in [1.29, 1.82) is 0 Å². The van der Waals surface area contributed by atoms with Crippen LogP contribution in [0.2, 0.25) is 0 Å². The van der Waals surface area contributed by atoms with E-state index in [1.54, 1.807) is 6.92 Å². The van der Waals surface area contributed by atoms with Crippen molar-refractivity contribution in [2.24, 2.45) is 4.99 Å². The Labute approximate surface area is 180 Å². The van der Waals surface area contributed by atoms with Crippen molar-refractivity contribution in [2.45, 2.75) is 31.3 Å². The summed E-state index contributed by atoms with van der Waals surface area (Å²) in [4.78, 5) is 28.9. The van der Waals surface area contributed by atoms with E-state index >= 15 is 0 Å². The SMILES string of the molecule is COC(=O)[C@]1(C)CSC([C@H](C)NC(=O)OCC2c3ccccc3-c3ccccc32)=N1. The van der Waals surface area contributed by atoms with Crippen LogP contribution in [0.15, 0.2) is 53.5 Å². The van der Waals surface area contributed by atoms with Crippen LogP contribution < -0.4 is 5.32 Å². The highest BCUT2D eigenvalue weighted by Gasteiger charge is 2.40. The van der Waals surface area contributed by atoms with Crippen LogP contribution in [-0.4, -0.2) is 48.2 Å². The number of carbonyl (C=O) groups excluding carboxylic acids is 2. The number of rotatable bonds is 5. The summed E-state index contributed by atoms with van der Waals surface area (Å²) in [5.74, 6) is 0.128. The maximum atomic E-state index is 12.5. The molecule has 7 heteroatoms. The van der Waals surface area contributed by atoms with Gasteiger partial charge in [0, 0.05) is 11.7 Å². The van der Waals surface area contributed by atoms with Crippen molar-refractivity contribution < 1.29 is 19.1 Å². The first-order valence-corrected chi connectivity index (χ1v) is 10.8. The Hall–Kier alpha value is -2.80. The predicted molar refractivity (Wildman–Crippen MR) is 118 cm³/mol. The maximum Gasteiger partial charge on any atom is 0.407 e. The molecular weight excluding hydrogens is 400 g/mol. The molecule has 2 aromatic rings. The van der Waals surface area contributed by atoms with E-state index in [0.29, 0.717) is 10.8 Å². The first kappa shape index (κ1) is 20.5. The molecule has 2 atom stereocenters. The van der Waals surface area contributed by atoms with E-state index in [0.717, 1.165) is 0 Å². The van der Waals surface area contributed by atoms with Gasteiger partial charge in [-0.3, -0.25) is 4.99 Å². The van der Waals surface area contributed by atoms with Crippen molar-refractivity contribution in [3.63, 3.8) is 0 Å². The predicted octanol–water partition coefficient (Wildman–Crippen LogP) is 3.99. The van der Waals surface area contributed by atoms with E-state index in [-0.39, 0.29) is 24.5 Å².